The summed E-state index contributed by atoms with van der Waals surface area (Å²) < 4.78 is 0. The van der Waals surface area contributed by atoms with Gasteiger partial charge < -0.3 is 15.5 Å². The van der Waals surface area contributed by atoms with Crippen molar-refractivity contribution in [3.63, 3.8) is 0 Å². The summed E-state index contributed by atoms with van der Waals surface area (Å²) in [4.78, 5) is 40.3. The van der Waals surface area contributed by atoms with Gasteiger partial charge in [-0.2, -0.15) is 0 Å². The molecular weight excluding hydrogens is 390 g/mol. The summed E-state index contributed by atoms with van der Waals surface area (Å²) in [5.74, 6) is 0.109. The van der Waals surface area contributed by atoms with Crippen LogP contribution in [0.4, 0.5) is 0 Å². The minimum atomic E-state index is -0.605. The first-order chi connectivity index (χ1) is 14.5. The highest BCUT2D eigenvalue weighted by atomic mass is 16.2. The van der Waals surface area contributed by atoms with Crippen LogP contribution >= 0.6 is 0 Å². The monoisotopic (exact) mass is 429 g/mol. The molecule has 0 radical (unpaired) electrons. The highest BCUT2D eigenvalue weighted by Crippen LogP contribution is 2.25. The lowest BCUT2D eigenvalue weighted by atomic mass is 9.87. The van der Waals surface area contributed by atoms with E-state index < -0.39 is 6.04 Å². The first kappa shape index (κ1) is 24.9. The normalized spacial score (nSPS) is 16.2. The number of benzene rings is 1. The van der Waals surface area contributed by atoms with Crippen LogP contribution in [0.25, 0.3) is 0 Å². The van der Waals surface area contributed by atoms with Crippen LogP contribution in [-0.4, -0.2) is 48.3 Å². The number of carbonyl (C=O) groups excluding carboxylic acids is 3. The van der Waals surface area contributed by atoms with E-state index in [1.165, 1.54) is 0 Å². The van der Waals surface area contributed by atoms with Crippen LogP contribution in [-0.2, 0) is 9.59 Å². The number of rotatable bonds is 7. The van der Waals surface area contributed by atoms with E-state index in [2.05, 4.69) is 31.4 Å². The summed E-state index contributed by atoms with van der Waals surface area (Å²) in [5, 5.41) is 5.96. The van der Waals surface area contributed by atoms with E-state index in [1.54, 1.807) is 6.07 Å². The summed E-state index contributed by atoms with van der Waals surface area (Å²) in [5.41, 5.74) is 1.51. The molecule has 6 nitrogen and oxygen atoms in total. The van der Waals surface area contributed by atoms with Gasteiger partial charge in [0.15, 0.2) is 0 Å². The first-order valence-corrected chi connectivity index (χ1v) is 11.4. The number of likely N-dealkylation sites (tertiary alicyclic amines) is 1. The van der Waals surface area contributed by atoms with Crippen molar-refractivity contribution in [2.45, 2.75) is 66.8 Å². The molecular formula is C25H39N3O3. The maximum Gasteiger partial charge on any atom is 0.251 e. The van der Waals surface area contributed by atoms with Crippen LogP contribution in [0, 0.1) is 24.2 Å². The third-order valence-corrected chi connectivity index (χ3v) is 5.58. The zero-order valence-electron chi connectivity index (χ0n) is 20.0. The number of nitrogens with one attached hydrogen (secondary N) is 2. The van der Waals surface area contributed by atoms with E-state index in [0.29, 0.717) is 50.4 Å². The van der Waals surface area contributed by atoms with Crippen molar-refractivity contribution in [2.75, 3.05) is 19.6 Å². The molecule has 0 aliphatic carbocycles. The summed E-state index contributed by atoms with van der Waals surface area (Å²) in [7, 11) is 0. The van der Waals surface area contributed by atoms with Gasteiger partial charge in [0.2, 0.25) is 11.8 Å². The van der Waals surface area contributed by atoms with Crippen molar-refractivity contribution in [1.82, 2.24) is 15.5 Å². The zero-order valence-corrected chi connectivity index (χ0v) is 20.0. The van der Waals surface area contributed by atoms with Gasteiger partial charge in [0.25, 0.3) is 5.91 Å². The molecule has 6 heteroatoms. The van der Waals surface area contributed by atoms with Crippen LogP contribution in [0.3, 0.4) is 0 Å². The molecule has 0 spiro atoms. The molecule has 1 atom stereocenters. The van der Waals surface area contributed by atoms with Crippen molar-refractivity contribution in [3.8, 4) is 0 Å². The fraction of sp³-hybridized carbons (Fsp3) is 0.640. The minimum Gasteiger partial charge on any atom is -0.354 e. The van der Waals surface area contributed by atoms with Crippen molar-refractivity contribution >= 4 is 17.7 Å². The van der Waals surface area contributed by atoms with E-state index in [9.17, 15) is 14.4 Å². The summed E-state index contributed by atoms with van der Waals surface area (Å²) >= 11 is 0. The fourth-order valence-electron chi connectivity index (χ4n) is 3.87. The van der Waals surface area contributed by atoms with Crippen LogP contribution in [0.2, 0.25) is 0 Å². The molecule has 1 aliphatic rings. The Morgan fingerprint density at radius 2 is 1.77 bits per heavy atom. The topological polar surface area (TPSA) is 78.5 Å². The standard InChI is InChI=1S/C25H39N3O3/c1-17(2)16-26-24(31)22(27-23(30)20-9-7-8-18(3)14-20)19-10-12-28(13-11-19)21(29)15-25(4,5)6/h7-9,14,17,19,22H,10-13,15-16H2,1-6H3,(H,26,31)(H,27,30)/t22-/m1/s1. The highest BCUT2D eigenvalue weighted by Gasteiger charge is 2.34. The lowest BCUT2D eigenvalue weighted by Gasteiger charge is -2.37. The molecule has 1 aliphatic heterocycles. The molecule has 3 amide bonds. The molecule has 2 rings (SSSR count). The molecule has 31 heavy (non-hydrogen) atoms. The Bertz CT molecular complexity index is 774. The van der Waals surface area contributed by atoms with Gasteiger partial charge in [-0.05, 0) is 49.1 Å². The number of piperidine rings is 1. The number of aryl methyl sites for hydroxylation is 1. The summed E-state index contributed by atoms with van der Waals surface area (Å²) in [6, 6.07) is 6.77. The third kappa shape index (κ3) is 8.00. The number of hydrogen-bond acceptors (Lipinski definition) is 3. The Morgan fingerprint density at radius 3 is 2.32 bits per heavy atom. The van der Waals surface area contributed by atoms with Gasteiger partial charge in [-0.25, -0.2) is 0 Å². The summed E-state index contributed by atoms with van der Waals surface area (Å²) in [6.45, 7) is 14.0. The average molecular weight is 430 g/mol. The van der Waals surface area contributed by atoms with Crippen molar-refractivity contribution in [2.24, 2.45) is 17.3 Å². The minimum absolute atomic E-state index is 0.000363. The Hall–Kier alpha value is -2.37. The van der Waals surface area contributed by atoms with E-state index in [0.717, 1.165) is 5.56 Å². The molecule has 1 fully saturated rings. The van der Waals surface area contributed by atoms with Gasteiger partial charge in [-0.15, -0.1) is 0 Å². The molecule has 2 N–H and O–H groups in total. The van der Waals surface area contributed by atoms with Crippen molar-refractivity contribution in [3.05, 3.63) is 35.4 Å². The lowest BCUT2D eigenvalue weighted by molar-refractivity contribution is -0.134. The number of carbonyl (C=O) groups is 3. The Labute approximate surface area is 187 Å². The predicted octanol–water partition coefficient (Wildman–Crippen LogP) is 3.54. The van der Waals surface area contributed by atoms with Gasteiger partial charge in [0, 0.05) is 31.6 Å². The Morgan fingerprint density at radius 1 is 1.13 bits per heavy atom. The Balaban J connectivity index is 2.07. The highest BCUT2D eigenvalue weighted by molar-refractivity contribution is 5.97. The van der Waals surface area contributed by atoms with Crippen molar-refractivity contribution < 1.29 is 14.4 Å². The molecule has 172 valence electrons. The molecule has 0 unspecified atom stereocenters. The number of amides is 3. The molecule has 1 heterocycles. The second-order valence-electron chi connectivity index (χ2n) is 10.4. The third-order valence-electron chi connectivity index (χ3n) is 5.58. The molecule has 1 aromatic rings. The van der Waals surface area contributed by atoms with Crippen LogP contribution in [0.15, 0.2) is 24.3 Å². The molecule has 0 bridgehead atoms. The molecule has 1 aromatic carbocycles. The van der Waals surface area contributed by atoms with Gasteiger partial charge in [0.05, 0.1) is 0 Å². The fourth-order valence-corrected chi connectivity index (χ4v) is 3.87. The van der Waals surface area contributed by atoms with Gasteiger partial charge in [0.1, 0.15) is 6.04 Å². The maximum absolute atomic E-state index is 13.0. The smallest absolute Gasteiger partial charge is 0.251 e. The van der Waals surface area contributed by atoms with Crippen LogP contribution < -0.4 is 10.6 Å². The van der Waals surface area contributed by atoms with Gasteiger partial charge in [-0.1, -0.05) is 52.3 Å². The van der Waals surface area contributed by atoms with E-state index in [1.807, 2.05) is 43.9 Å². The van der Waals surface area contributed by atoms with Gasteiger partial charge >= 0.3 is 0 Å². The zero-order chi connectivity index (χ0) is 23.2. The number of hydrogen-bond donors (Lipinski definition) is 2. The second-order valence-corrected chi connectivity index (χ2v) is 10.4. The van der Waals surface area contributed by atoms with Crippen molar-refractivity contribution in [1.29, 1.82) is 0 Å². The maximum atomic E-state index is 13.0. The average Bonchev–Trinajstić information content (AvgIpc) is 2.69. The van der Waals surface area contributed by atoms with E-state index in [-0.39, 0.29) is 29.1 Å². The lowest BCUT2D eigenvalue weighted by Crippen LogP contribution is -2.54. The second kappa shape index (κ2) is 10.8. The summed E-state index contributed by atoms with van der Waals surface area (Å²) in [6.07, 6.45) is 1.91. The van der Waals surface area contributed by atoms with E-state index in [4.69, 9.17) is 0 Å². The van der Waals surface area contributed by atoms with Crippen LogP contribution in [0.1, 0.15) is 69.8 Å². The molecule has 0 aromatic heterocycles. The Kier molecular flexibility index (Phi) is 8.66. The van der Waals surface area contributed by atoms with Gasteiger partial charge in [-0.3, -0.25) is 14.4 Å². The number of nitrogens with zero attached hydrogens (tertiary/aromatic N) is 1. The van der Waals surface area contributed by atoms with Crippen LogP contribution in [0.5, 0.6) is 0 Å². The SMILES string of the molecule is Cc1cccc(C(=O)N[C@@H](C(=O)NCC(C)C)C2CCN(C(=O)CC(C)(C)C)CC2)c1. The molecule has 1 saturated heterocycles. The first-order valence-electron chi connectivity index (χ1n) is 11.4. The largest absolute Gasteiger partial charge is 0.354 e. The molecule has 0 saturated carbocycles. The predicted molar refractivity (Wildman–Crippen MR) is 124 cm³/mol. The van der Waals surface area contributed by atoms with E-state index >= 15 is 0 Å². The quantitative estimate of drug-likeness (QED) is 0.696.